The van der Waals surface area contributed by atoms with Crippen LogP contribution in [0.1, 0.15) is 59.8 Å². The van der Waals surface area contributed by atoms with Crippen molar-refractivity contribution in [1.82, 2.24) is 0 Å². The maximum atomic E-state index is 12.1. The molecule has 0 aromatic rings. The topological polar surface area (TPSA) is 17.1 Å². The summed E-state index contributed by atoms with van der Waals surface area (Å²) in [5.41, 5.74) is 4.57. The van der Waals surface area contributed by atoms with Crippen molar-refractivity contribution in [3.8, 4) is 0 Å². The van der Waals surface area contributed by atoms with Crippen molar-refractivity contribution in [3.63, 3.8) is 0 Å². The predicted molar refractivity (Wildman–Crippen MR) is 83.4 cm³/mol. The molecule has 1 nitrogen and oxygen atoms in total. The van der Waals surface area contributed by atoms with Gasteiger partial charge in [-0.15, -0.1) is 0 Å². The Morgan fingerprint density at radius 3 is 2.65 bits per heavy atom. The summed E-state index contributed by atoms with van der Waals surface area (Å²) in [6.45, 7) is 9.54. The van der Waals surface area contributed by atoms with Gasteiger partial charge in [0.05, 0.1) is 0 Å². The minimum absolute atomic E-state index is 0.219. The molecule has 3 aliphatic rings. The molecule has 0 bridgehead atoms. The summed E-state index contributed by atoms with van der Waals surface area (Å²) >= 11 is 0. The Bertz CT molecular complexity index is 540. The molecule has 1 saturated carbocycles. The maximum absolute atomic E-state index is 12.1. The first-order valence-electron chi connectivity index (χ1n) is 7.93. The molecule has 1 atom stereocenters. The molecule has 1 heteroatoms. The molecule has 0 aromatic heterocycles. The Labute approximate surface area is 122 Å². The van der Waals surface area contributed by atoms with Crippen molar-refractivity contribution in [2.75, 3.05) is 0 Å². The lowest BCUT2D eigenvalue weighted by Crippen LogP contribution is -2.25. The van der Waals surface area contributed by atoms with Crippen molar-refractivity contribution in [1.29, 1.82) is 0 Å². The number of carbonyl (C=O) groups excluding carboxylic acids is 1. The Morgan fingerprint density at radius 1 is 1.15 bits per heavy atom. The highest BCUT2D eigenvalue weighted by atomic mass is 16.1. The van der Waals surface area contributed by atoms with Gasteiger partial charge in [0.15, 0.2) is 5.78 Å². The first-order valence-corrected chi connectivity index (χ1v) is 7.93. The van der Waals surface area contributed by atoms with Gasteiger partial charge in [-0.1, -0.05) is 51.0 Å². The second-order valence-electron chi connectivity index (χ2n) is 8.24. The lowest BCUT2D eigenvalue weighted by molar-refractivity contribution is -0.111. The molecule has 0 aromatic carbocycles. The summed E-state index contributed by atoms with van der Waals surface area (Å²) < 4.78 is 0. The quantitative estimate of drug-likeness (QED) is 0.605. The standard InChI is InChI=1S/C19H26O/c1-18(2)8-9-19(3,4)16-11-15-13(10-14(16)12-18)6-5-7-17(15)20/h5,7,11,14H,6,8-10,12H2,1-4H3. The molecule has 0 aliphatic heterocycles. The average Bonchev–Trinajstić information content (AvgIpc) is 2.44. The summed E-state index contributed by atoms with van der Waals surface area (Å²) in [6, 6.07) is 0. The Morgan fingerprint density at radius 2 is 1.90 bits per heavy atom. The van der Waals surface area contributed by atoms with Gasteiger partial charge >= 0.3 is 0 Å². The van der Waals surface area contributed by atoms with E-state index in [2.05, 4.69) is 33.8 Å². The fraction of sp³-hybridized carbons (Fsp3) is 0.632. The molecule has 20 heavy (non-hydrogen) atoms. The van der Waals surface area contributed by atoms with E-state index in [9.17, 15) is 4.79 Å². The van der Waals surface area contributed by atoms with E-state index in [4.69, 9.17) is 0 Å². The van der Waals surface area contributed by atoms with Gasteiger partial charge in [0, 0.05) is 5.57 Å². The van der Waals surface area contributed by atoms with E-state index >= 15 is 0 Å². The van der Waals surface area contributed by atoms with Crippen LogP contribution >= 0.6 is 0 Å². The number of hydrogen-bond donors (Lipinski definition) is 0. The second kappa shape index (κ2) is 4.44. The SMILES string of the molecule is CC1(C)CCC(C)(C)C2=CC3=C(CC=CC3=O)CC2C1. The van der Waals surface area contributed by atoms with E-state index in [1.165, 1.54) is 30.4 Å². The Kier molecular flexibility index (Phi) is 3.08. The van der Waals surface area contributed by atoms with E-state index in [1.807, 2.05) is 6.08 Å². The molecular weight excluding hydrogens is 244 g/mol. The monoisotopic (exact) mass is 270 g/mol. The first-order chi connectivity index (χ1) is 9.28. The van der Waals surface area contributed by atoms with E-state index < -0.39 is 0 Å². The molecular formula is C19H26O. The largest absolute Gasteiger partial charge is 0.289 e. The number of ketones is 1. The van der Waals surface area contributed by atoms with Crippen LogP contribution in [0.25, 0.3) is 0 Å². The van der Waals surface area contributed by atoms with E-state index in [1.54, 1.807) is 6.08 Å². The lowest BCUT2D eigenvalue weighted by atomic mass is 9.68. The normalized spacial score (nSPS) is 31.3. The van der Waals surface area contributed by atoms with Gasteiger partial charge in [0.2, 0.25) is 0 Å². The summed E-state index contributed by atoms with van der Waals surface area (Å²) in [5, 5.41) is 0. The van der Waals surface area contributed by atoms with Crippen LogP contribution in [-0.4, -0.2) is 5.78 Å². The molecule has 1 unspecified atom stereocenters. The van der Waals surface area contributed by atoms with Crippen LogP contribution in [0.3, 0.4) is 0 Å². The van der Waals surface area contributed by atoms with Crippen molar-refractivity contribution >= 4 is 5.78 Å². The first kappa shape index (κ1) is 13.9. The summed E-state index contributed by atoms with van der Waals surface area (Å²) in [6.07, 6.45) is 11.9. The van der Waals surface area contributed by atoms with Crippen molar-refractivity contribution in [3.05, 3.63) is 34.9 Å². The van der Waals surface area contributed by atoms with Gasteiger partial charge in [-0.2, -0.15) is 0 Å². The lowest BCUT2D eigenvalue weighted by Gasteiger charge is -2.36. The van der Waals surface area contributed by atoms with Gasteiger partial charge < -0.3 is 0 Å². The van der Waals surface area contributed by atoms with Gasteiger partial charge in [0.25, 0.3) is 0 Å². The molecule has 0 spiro atoms. The number of hydrogen-bond acceptors (Lipinski definition) is 1. The molecule has 108 valence electrons. The second-order valence-corrected chi connectivity index (χ2v) is 8.24. The minimum Gasteiger partial charge on any atom is -0.289 e. The third kappa shape index (κ3) is 2.32. The number of fused-ring (bicyclic) bond motifs is 1. The molecule has 0 amide bonds. The fourth-order valence-corrected chi connectivity index (χ4v) is 4.22. The highest BCUT2D eigenvalue weighted by molar-refractivity contribution is 6.08. The predicted octanol–water partition coefficient (Wildman–Crippen LogP) is 4.99. The molecule has 0 radical (unpaired) electrons. The van der Waals surface area contributed by atoms with Crippen LogP contribution in [0, 0.1) is 16.7 Å². The van der Waals surface area contributed by atoms with Crippen LogP contribution in [0.4, 0.5) is 0 Å². The van der Waals surface area contributed by atoms with Crippen LogP contribution in [-0.2, 0) is 4.79 Å². The molecule has 3 rings (SSSR count). The molecule has 3 aliphatic carbocycles. The van der Waals surface area contributed by atoms with E-state index in [0.717, 1.165) is 18.4 Å². The summed E-state index contributed by atoms with van der Waals surface area (Å²) in [4.78, 5) is 12.1. The highest BCUT2D eigenvalue weighted by Crippen LogP contribution is 2.52. The van der Waals surface area contributed by atoms with E-state index in [0.29, 0.717) is 11.3 Å². The van der Waals surface area contributed by atoms with Gasteiger partial charge in [-0.25, -0.2) is 0 Å². The zero-order valence-corrected chi connectivity index (χ0v) is 13.3. The zero-order valence-electron chi connectivity index (χ0n) is 13.3. The zero-order chi connectivity index (χ0) is 14.5. The van der Waals surface area contributed by atoms with Gasteiger partial charge in [-0.3, -0.25) is 4.79 Å². The molecule has 0 heterocycles. The van der Waals surface area contributed by atoms with Crippen molar-refractivity contribution in [2.24, 2.45) is 16.7 Å². The Balaban J connectivity index is 2.04. The summed E-state index contributed by atoms with van der Waals surface area (Å²) in [7, 11) is 0. The molecule has 1 fully saturated rings. The Hall–Kier alpha value is -1.11. The average molecular weight is 270 g/mol. The maximum Gasteiger partial charge on any atom is 0.185 e. The number of allylic oxidation sites excluding steroid dienone is 6. The number of carbonyl (C=O) groups is 1. The van der Waals surface area contributed by atoms with Crippen LogP contribution in [0.5, 0.6) is 0 Å². The molecule has 0 N–H and O–H groups in total. The van der Waals surface area contributed by atoms with Crippen LogP contribution in [0.15, 0.2) is 34.9 Å². The van der Waals surface area contributed by atoms with Gasteiger partial charge in [0.1, 0.15) is 0 Å². The van der Waals surface area contributed by atoms with Crippen LogP contribution in [0.2, 0.25) is 0 Å². The van der Waals surface area contributed by atoms with Crippen LogP contribution < -0.4 is 0 Å². The third-order valence-corrected chi connectivity index (χ3v) is 5.52. The van der Waals surface area contributed by atoms with Crippen molar-refractivity contribution in [2.45, 2.75) is 59.8 Å². The highest BCUT2D eigenvalue weighted by Gasteiger charge is 2.40. The summed E-state index contributed by atoms with van der Waals surface area (Å²) in [5.74, 6) is 0.858. The minimum atomic E-state index is 0.219. The fourth-order valence-electron chi connectivity index (χ4n) is 4.22. The molecule has 0 saturated heterocycles. The van der Waals surface area contributed by atoms with Crippen molar-refractivity contribution < 1.29 is 4.79 Å². The van der Waals surface area contributed by atoms with E-state index in [-0.39, 0.29) is 11.2 Å². The smallest absolute Gasteiger partial charge is 0.185 e. The number of rotatable bonds is 0. The van der Waals surface area contributed by atoms with Gasteiger partial charge in [-0.05, 0) is 54.9 Å². The third-order valence-electron chi connectivity index (χ3n) is 5.52.